The van der Waals surface area contributed by atoms with Crippen molar-refractivity contribution in [2.24, 2.45) is 0 Å². The Balaban J connectivity index is 2.02. The maximum absolute atomic E-state index is 12.6. The van der Waals surface area contributed by atoms with Gasteiger partial charge in [-0.15, -0.1) is 0 Å². The van der Waals surface area contributed by atoms with Crippen LogP contribution in [-0.4, -0.2) is 37.0 Å². The lowest BCUT2D eigenvalue weighted by Crippen LogP contribution is -2.43. The molecular weight excluding hydrogens is 269 g/mol. The average Bonchev–Trinajstić information content (AvgIpc) is 2.40. The number of benzene rings is 1. The van der Waals surface area contributed by atoms with Crippen molar-refractivity contribution in [3.05, 3.63) is 35.4 Å². The summed E-state index contributed by atoms with van der Waals surface area (Å²) in [4.78, 5) is 14.1. The van der Waals surface area contributed by atoms with Gasteiger partial charge in [0.1, 0.15) is 0 Å². The van der Waals surface area contributed by atoms with Crippen molar-refractivity contribution in [2.75, 3.05) is 20.1 Å². The second-order valence-corrected chi connectivity index (χ2v) is 5.13. The number of nitrogens with zero attached hydrogens (tertiary/aromatic N) is 1. The van der Waals surface area contributed by atoms with Gasteiger partial charge in [-0.3, -0.25) is 4.79 Å². The molecule has 0 saturated carbocycles. The van der Waals surface area contributed by atoms with Gasteiger partial charge >= 0.3 is 6.18 Å². The predicted octanol–water partition coefficient (Wildman–Crippen LogP) is 2.53. The SMILES string of the molecule is CN1CCC(NC(=O)c2cccc(C(F)(F)F)c2)CC1. The second-order valence-electron chi connectivity index (χ2n) is 5.13. The van der Waals surface area contributed by atoms with Crippen LogP contribution in [0.2, 0.25) is 0 Å². The zero-order valence-corrected chi connectivity index (χ0v) is 11.2. The number of likely N-dealkylation sites (tertiary alicyclic amines) is 1. The number of rotatable bonds is 2. The van der Waals surface area contributed by atoms with Crippen molar-refractivity contribution in [3.63, 3.8) is 0 Å². The van der Waals surface area contributed by atoms with E-state index in [9.17, 15) is 18.0 Å². The fraction of sp³-hybridized carbons (Fsp3) is 0.500. The topological polar surface area (TPSA) is 32.3 Å². The normalized spacial score (nSPS) is 18.0. The fourth-order valence-corrected chi connectivity index (χ4v) is 2.26. The average molecular weight is 286 g/mol. The summed E-state index contributed by atoms with van der Waals surface area (Å²) >= 11 is 0. The van der Waals surface area contributed by atoms with Gasteiger partial charge in [0.15, 0.2) is 0 Å². The number of hydrogen-bond donors (Lipinski definition) is 1. The Bertz CT molecular complexity index is 480. The Morgan fingerprint density at radius 3 is 2.55 bits per heavy atom. The highest BCUT2D eigenvalue weighted by Gasteiger charge is 2.31. The smallest absolute Gasteiger partial charge is 0.349 e. The Hall–Kier alpha value is -1.56. The Morgan fingerprint density at radius 2 is 1.95 bits per heavy atom. The number of carbonyl (C=O) groups excluding carboxylic acids is 1. The highest BCUT2D eigenvalue weighted by atomic mass is 19.4. The first kappa shape index (κ1) is 14.8. The van der Waals surface area contributed by atoms with Crippen molar-refractivity contribution < 1.29 is 18.0 Å². The van der Waals surface area contributed by atoms with Crippen LogP contribution in [0.4, 0.5) is 13.2 Å². The lowest BCUT2D eigenvalue weighted by Gasteiger charge is -2.29. The van der Waals surface area contributed by atoms with E-state index in [2.05, 4.69) is 10.2 Å². The van der Waals surface area contributed by atoms with Crippen LogP contribution in [0.25, 0.3) is 0 Å². The van der Waals surface area contributed by atoms with Gasteiger partial charge in [-0.2, -0.15) is 13.2 Å². The Morgan fingerprint density at radius 1 is 1.30 bits per heavy atom. The van der Waals surface area contributed by atoms with Gasteiger partial charge in [0, 0.05) is 11.6 Å². The number of hydrogen-bond acceptors (Lipinski definition) is 2. The molecular formula is C14H17F3N2O. The summed E-state index contributed by atoms with van der Waals surface area (Å²) in [5.41, 5.74) is -0.743. The zero-order valence-electron chi connectivity index (χ0n) is 11.2. The summed E-state index contributed by atoms with van der Waals surface area (Å²) in [6, 6.07) is 4.55. The molecule has 1 N–H and O–H groups in total. The van der Waals surface area contributed by atoms with Crippen LogP contribution < -0.4 is 5.32 Å². The van der Waals surface area contributed by atoms with E-state index < -0.39 is 17.6 Å². The van der Waals surface area contributed by atoms with Gasteiger partial charge in [-0.1, -0.05) is 6.07 Å². The Kier molecular flexibility index (Phi) is 4.32. The number of halogens is 3. The monoisotopic (exact) mass is 286 g/mol. The molecule has 0 aromatic heterocycles. The summed E-state index contributed by atoms with van der Waals surface area (Å²) in [5.74, 6) is -0.439. The molecule has 110 valence electrons. The van der Waals surface area contributed by atoms with E-state index in [1.54, 1.807) is 0 Å². The largest absolute Gasteiger partial charge is 0.416 e. The van der Waals surface area contributed by atoms with Gasteiger partial charge < -0.3 is 10.2 Å². The number of alkyl halides is 3. The maximum Gasteiger partial charge on any atom is 0.416 e. The molecule has 1 aromatic rings. The number of amides is 1. The number of carbonyl (C=O) groups is 1. The molecule has 1 fully saturated rings. The molecule has 0 atom stereocenters. The van der Waals surface area contributed by atoms with Gasteiger partial charge in [-0.25, -0.2) is 0 Å². The predicted molar refractivity (Wildman–Crippen MR) is 69.4 cm³/mol. The minimum Gasteiger partial charge on any atom is -0.349 e. The van der Waals surface area contributed by atoms with Gasteiger partial charge in [0.2, 0.25) is 0 Å². The number of piperidine rings is 1. The van der Waals surface area contributed by atoms with Crippen LogP contribution >= 0.6 is 0 Å². The van der Waals surface area contributed by atoms with Crippen LogP contribution in [0.15, 0.2) is 24.3 Å². The molecule has 2 rings (SSSR count). The van der Waals surface area contributed by atoms with Crippen molar-refractivity contribution in [1.82, 2.24) is 10.2 Å². The van der Waals surface area contributed by atoms with Crippen LogP contribution in [0.5, 0.6) is 0 Å². The molecule has 20 heavy (non-hydrogen) atoms. The zero-order chi connectivity index (χ0) is 14.8. The molecule has 1 aliphatic heterocycles. The minimum atomic E-state index is -4.43. The molecule has 1 saturated heterocycles. The maximum atomic E-state index is 12.6. The lowest BCUT2D eigenvalue weighted by atomic mass is 10.0. The molecule has 0 unspecified atom stereocenters. The number of nitrogens with one attached hydrogen (secondary N) is 1. The lowest BCUT2D eigenvalue weighted by molar-refractivity contribution is -0.137. The van der Waals surface area contributed by atoms with E-state index in [0.717, 1.165) is 38.1 Å². The molecule has 0 bridgehead atoms. The Labute approximate surface area is 115 Å². The molecule has 1 aromatic carbocycles. The molecule has 1 amide bonds. The molecule has 0 aliphatic carbocycles. The van der Waals surface area contributed by atoms with Crippen LogP contribution in [0.1, 0.15) is 28.8 Å². The van der Waals surface area contributed by atoms with E-state index in [-0.39, 0.29) is 11.6 Å². The summed E-state index contributed by atoms with van der Waals surface area (Å²) in [5, 5.41) is 2.80. The van der Waals surface area contributed by atoms with E-state index in [0.29, 0.717) is 0 Å². The van der Waals surface area contributed by atoms with E-state index in [4.69, 9.17) is 0 Å². The standard InChI is InChI=1S/C14H17F3N2O/c1-19-7-5-12(6-8-19)18-13(20)10-3-2-4-11(9-10)14(15,16)17/h2-4,9,12H,5-8H2,1H3,(H,18,20). The molecule has 0 radical (unpaired) electrons. The van der Waals surface area contributed by atoms with Crippen molar-refractivity contribution in [3.8, 4) is 0 Å². The first-order valence-corrected chi connectivity index (χ1v) is 6.53. The third kappa shape index (κ3) is 3.72. The molecule has 6 heteroatoms. The van der Waals surface area contributed by atoms with Crippen molar-refractivity contribution in [2.45, 2.75) is 25.1 Å². The fourth-order valence-electron chi connectivity index (χ4n) is 2.26. The molecule has 3 nitrogen and oxygen atoms in total. The van der Waals surface area contributed by atoms with E-state index >= 15 is 0 Å². The molecule has 1 aliphatic rings. The van der Waals surface area contributed by atoms with Crippen molar-refractivity contribution in [1.29, 1.82) is 0 Å². The van der Waals surface area contributed by atoms with E-state index in [1.807, 2.05) is 7.05 Å². The quantitative estimate of drug-likeness (QED) is 0.906. The van der Waals surface area contributed by atoms with Crippen molar-refractivity contribution >= 4 is 5.91 Å². The minimum absolute atomic E-state index is 0.0354. The summed E-state index contributed by atoms with van der Waals surface area (Å²) in [7, 11) is 2.00. The van der Waals surface area contributed by atoms with Crippen LogP contribution in [-0.2, 0) is 6.18 Å². The molecule has 0 spiro atoms. The third-order valence-corrected chi connectivity index (χ3v) is 3.51. The highest BCUT2D eigenvalue weighted by molar-refractivity contribution is 5.94. The first-order chi connectivity index (χ1) is 9.36. The van der Waals surface area contributed by atoms with Crippen LogP contribution in [0.3, 0.4) is 0 Å². The summed E-state index contributed by atoms with van der Waals surface area (Å²) < 4.78 is 37.8. The third-order valence-electron chi connectivity index (χ3n) is 3.51. The second kappa shape index (κ2) is 5.83. The molecule has 1 heterocycles. The summed E-state index contributed by atoms with van der Waals surface area (Å²) in [6.07, 6.45) is -2.79. The summed E-state index contributed by atoms with van der Waals surface area (Å²) in [6.45, 7) is 1.76. The van der Waals surface area contributed by atoms with Gasteiger partial charge in [0.25, 0.3) is 5.91 Å². The highest BCUT2D eigenvalue weighted by Crippen LogP contribution is 2.29. The van der Waals surface area contributed by atoms with Gasteiger partial charge in [-0.05, 0) is 51.2 Å². The van der Waals surface area contributed by atoms with Crippen LogP contribution in [0, 0.1) is 0 Å². The first-order valence-electron chi connectivity index (χ1n) is 6.53. The van der Waals surface area contributed by atoms with E-state index in [1.165, 1.54) is 12.1 Å². The van der Waals surface area contributed by atoms with Gasteiger partial charge in [0.05, 0.1) is 5.56 Å².